The lowest BCUT2D eigenvalue weighted by Crippen LogP contribution is -2.39. The predicted molar refractivity (Wildman–Crippen MR) is 72.3 cm³/mol. The molecule has 100 valence electrons. The van der Waals surface area contributed by atoms with Crippen molar-refractivity contribution in [1.82, 2.24) is 9.62 Å². The van der Waals surface area contributed by atoms with Gasteiger partial charge in [0.2, 0.25) is 10.0 Å². The fourth-order valence-electron chi connectivity index (χ4n) is 2.09. The van der Waals surface area contributed by atoms with Crippen molar-refractivity contribution in [3.8, 4) is 0 Å². The summed E-state index contributed by atoms with van der Waals surface area (Å²) in [6.07, 6.45) is 0.826. The lowest BCUT2D eigenvalue weighted by molar-refractivity contribution is 0.350. The van der Waals surface area contributed by atoms with Gasteiger partial charge in [-0.25, -0.2) is 8.42 Å². The third kappa shape index (κ3) is 2.85. The van der Waals surface area contributed by atoms with Gasteiger partial charge < -0.3 is 5.32 Å². The fraction of sp³-hybridized carbons (Fsp3) is 0.500. The lowest BCUT2D eigenvalue weighted by atomic mass is 10.2. The Morgan fingerprint density at radius 2 is 1.94 bits per heavy atom. The van der Waals surface area contributed by atoms with E-state index in [-0.39, 0.29) is 6.04 Å². The van der Waals surface area contributed by atoms with E-state index < -0.39 is 10.0 Å². The smallest absolute Gasteiger partial charge is 0.243 e. The van der Waals surface area contributed by atoms with Crippen molar-refractivity contribution in [2.75, 3.05) is 19.6 Å². The van der Waals surface area contributed by atoms with Gasteiger partial charge in [0.1, 0.15) is 0 Å². The molecule has 6 heteroatoms. The van der Waals surface area contributed by atoms with Crippen LogP contribution in [0.25, 0.3) is 0 Å². The van der Waals surface area contributed by atoms with Crippen molar-refractivity contribution in [3.05, 3.63) is 29.3 Å². The third-order valence-electron chi connectivity index (χ3n) is 3.16. The van der Waals surface area contributed by atoms with Gasteiger partial charge in [0.05, 0.1) is 4.90 Å². The third-order valence-corrected chi connectivity index (χ3v) is 5.44. The topological polar surface area (TPSA) is 49.4 Å². The van der Waals surface area contributed by atoms with E-state index in [9.17, 15) is 8.42 Å². The highest BCUT2D eigenvalue weighted by Crippen LogP contribution is 2.21. The zero-order valence-corrected chi connectivity index (χ0v) is 11.8. The molecule has 1 aromatic carbocycles. The second-order valence-corrected chi connectivity index (χ2v) is 6.78. The van der Waals surface area contributed by atoms with E-state index in [4.69, 9.17) is 11.6 Å². The Kier molecular flexibility index (Phi) is 4.27. The van der Waals surface area contributed by atoms with Crippen LogP contribution in [-0.2, 0) is 10.0 Å². The molecule has 1 atom stereocenters. The van der Waals surface area contributed by atoms with Crippen LogP contribution < -0.4 is 5.32 Å². The van der Waals surface area contributed by atoms with Crippen LogP contribution in [0.5, 0.6) is 0 Å². The molecular formula is C12H17ClN2O2S. The lowest BCUT2D eigenvalue weighted by Gasteiger charge is -2.25. The molecule has 0 aliphatic carbocycles. The first-order valence-electron chi connectivity index (χ1n) is 6.00. The van der Waals surface area contributed by atoms with E-state index in [0.29, 0.717) is 23.0 Å². The molecule has 2 rings (SSSR count). The number of sulfonamides is 1. The van der Waals surface area contributed by atoms with Gasteiger partial charge >= 0.3 is 0 Å². The summed E-state index contributed by atoms with van der Waals surface area (Å²) >= 11 is 5.78. The molecule has 1 aromatic rings. The molecular weight excluding hydrogens is 272 g/mol. The van der Waals surface area contributed by atoms with Crippen molar-refractivity contribution in [2.24, 2.45) is 0 Å². The van der Waals surface area contributed by atoms with Gasteiger partial charge in [-0.1, -0.05) is 11.6 Å². The summed E-state index contributed by atoms with van der Waals surface area (Å²) in [4.78, 5) is 0.306. The largest absolute Gasteiger partial charge is 0.315 e. The fourth-order valence-corrected chi connectivity index (χ4v) is 3.88. The van der Waals surface area contributed by atoms with Crippen LogP contribution in [0.3, 0.4) is 0 Å². The number of nitrogens with zero attached hydrogens (tertiary/aromatic N) is 1. The van der Waals surface area contributed by atoms with Crippen molar-refractivity contribution in [1.29, 1.82) is 0 Å². The highest BCUT2D eigenvalue weighted by molar-refractivity contribution is 7.89. The maximum absolute atomic E-state index is 12.5. The standard InChI is InChI=1S/C12H17ClN2O2S/c1-10-6-7-14-8-9-15(10)18(16,17)12-4-2-11(13)3-5-12/h2-5,10,14H,6-9H2,1H3. The van der Waals surface area contributed by atoms with Crippen molar-refractivity contribution >= 4 is 21.6 Å². The number of hydrogen-bond acceptors (Lipinski definition) is 3. The van der Waals surface area contributed by atoms with Gasteiger partial charge in [-0.15, -0.1) is 0 Å². The molecule has 1 aliphatic rings. The summed E-state index contributed by atoms with van der Waals surface area (Å²) in [5.41, 5.74) is 0. The number of hydrogen-bond donors (Lipinski definition) is 1. The minimum absolute atomic E-state index is 0.0145. The number of benzene rings is 1. The molecule has 0 radical (unpaired) electrons. The molecule has 0 amide bonds. The van der Waals surface area contributed by atoms with Gasteiger partial charge in [-0.2, -0.15) is 4.31 Å². The first-order chi connectivity index (χ1) is 8.51. The van der Waals surface area contributed by atoms with E-state index in [2.05, 4.69) is 5.32 Å². The summed E-state index contributed by atoms with van der Waals surface area (Å²) in [7, 11) is -3.42. The molecule has 4 nitrogen and oxygen atoms in total. The molecule has 1 N–H and O–H groups in total. The molecule has 0 bridgehead atoms. The summed E-state index contributed by atoms with van der Waals surface area (Å²) in [5, 5.41) is 3.75. The SMILES string of the molecule is CC1CCNCCN1S(=O)(=O)c1ccc(Cl)cc1. The predicted octanol–water partition coefficient (Wildman–Crippen LogP) is 1.71. The minimum atomic E-state index is -3.42. The highest BCUT2D eigenvalue weighted by atomic mass is 35.5. The van der Waals surface area contributed by atoms with E-state index in [1.54, 1.807) is 28.6 Å². The van der Waals surface area contributed by atoms with Crippen LogP contribution in [0, 0.1) is 0 Å². The second kappa shape index (κ2) is 5.57. The van der Waals surface area contributed by atoms with E-state index in [1.807, 2.05) is 6.92 Å². The first kappa shape index (κ1) is 13.8. The number of halogens is 1. The number of rotatable bonds is 2. The van der Waals surface area contributed by atoms with Crippen molar-refractivity contribution < 1.29 is 8.42 Å². The summed E-state index contributed by atoms with van der Waals surface area (Å²) in [6.45, 7) is 4.00. The molecule has 18 heavy (non-hydrogen) atoms. The van der Waals surface area contributed by atoms with Crippen molar-refractivity contribution in [3.63, 3.8) is 0 Å². The Balaban J connectivity index is 2.31. The van der Waals surface area contributed by atoms with Gasteiger partial charge in [0, 0.05) is 24.2 Å². The van der Waals surface area contributed by atoms with Crippen LogP contribution in [-0.4, -0.2) is 38.4 Å². The molecule has 0 aromatic heterocycles. The summed E-state index contributed by atoms with van der Waals surface area (Å²) < 4.78 is 26.6. The van der Waals surface area contributed by atoms with Crippen LogP contribution in [0.4, 0.5) is 0 Å². The molecule has 0 saturated carbocycles. The van der Waals surface area contributed by atoms with E-state index in [1.165, 1.54) is 0 Å². The monoisotopic (exact) mass is 288 g/mol. The van der Waals surface area contributed by atoms with Gasteiger partial charge in [0.15, 0.2) is 0 Å². The Morgan fingerprint density at radius 1 is 1.28 bits per heavy atom. The highest BCUT2D eigenvalue weighted by Gasteiger charge is 2.29. The average Bonchev–Trinajstić information content (AvgIpc) is 2.55. The summed E-state index contributed by atoms with van der Waals surface area (Å²) in [6, 6.07) is 6.34. The quantitative estimate of drug-likeness (QED) is 0.901. The Hall–Kier alpha value is -0.620. The van der Waals surface area contributed by atoms with Gasteiger partial charge in [-0.05, 0) is 44.2 Å². The Bertz CT molecular complexity index is 501. The molecule has 1 aliphatic heterocycles. The zero-order valence-electron chi connectivity index (χ0n) is 10.3. The van der Waals surface area contributed by atoms with Crippen LogP contribution >= 0.6 is 11.6 Å². The maximum atomic E-state index is 12.5. The molecule has 1 fully saturated rings. The Labute approximate surface area is 113 Å². The second-order valence-electron chi connectivity index (χ2n) is 4.46. The molecule has 1 heterocycles. The van der Waals surface area contributed by atoms with E-state index >= 15 is 0 Å². The Morgan fingerprint density at radius 3 is 2.61 bits per heavy atom. The minimum Gasteiger partial charge on any atom is -0.315 e. The van der Waals surface area contributed by atoms with Crippen LogP contribution in [0.1, 0.15) is 13.3 Å². The first-order valence-corrected chi connectivity index (χ1v) is 7.82. The average molecular weight is 289 g/mol. The molecule has 1 saturated heterocycles. The molecule has 1 unspecified atom stereocenters. The number of nitrogens with one attached hydrogen (secondary N) is 1. The normalized spacial score (nSPS) is 22.7. The zero-order chi connectivity index (χ0) is 13.2. The van der Waals surface area contributed by atoms with Gasteiger partial charge in [0.25, 0.3) is 0 Å². The maximum Gasteiger partial charge on any atom is 0.243 e. The summed E-state index contributed by atoms with van der Waals surface area (Å²) in [5.74, 6) is 0. The van der Waals surface area contributed by atoms with E-state index in [0.717, 1.165) is 13.0 Å². The van der Waals surface area contributed by atoms with Gasteiger partial charge in [-0.3, -0.25) is 0 Å². The van der Waals surface area contributed by atoms with Crippen LogP contribution in [0.15, 0.2) is 29.2 Å². The van der Waals surface area contributed by atoms with Crippen molar-refractivity contribution in [2.45, 2.75) is 24.3 Å². The van der Waals surface area contributed by atoms with Crippen LogP contribution in [0.2, 0.25) is 5.02 Å². The molecule has 0 spiro atoms.